The molecule has 0 aliphatic carbocycles. The number of piperidine rings is 1. The standard InChI is InChI=1S/C24H38N4O2/c1-19-7-9-20(10-8-19)23(30)28-12-5-6-21(18-28)22(29)25-24(2,3)11-13-27-16-14-26(4)15-17-27/h7-10,21H,5-6,11-18H2,1-4H3,(H,25,29)/t21-/m1/s1. The Kier molecular flexibility index (Phi) is 7.53. The van der Waals surface area contributed by atoms with E-state index in [-0.39, 0.29) is 23.3 Å². The largest absolute Gasteiger partial charge is 0.351 e. The van der Waals surface area contributed by atoms with Crippen molar-refractivity contribution in [3.8, 4) is 0 Å². The van der Waals surface area contributed by atoms with E-state index in [0.717, 1.165) is 64.1 Å². The van der Waals surface area contributed by atoms with E-state index in [4.69, 9.17) is 0 Å². The number of hydrogen-bond donors (Lipinski definition) is 1. The van der Waals surface area contributed by atoms with Gasteiger partial charge in [-0.2, -0.15) is 0 Å². The van der Waals surface area contributed by atoms with Gasteiger partial charge in [-0.25, -0.2) is 0 Å². The Labute approximate surface area is 181 Å². The molecule has 2 aliphatic rings. The van der Waals surface area contributed by atoms with Gasteiger partial charge in [0.2, 0.25) is 5.91 Å². The third kappa shape index (κ3) is 6.29. The Balaban J connectivity index is 1.50. The Morgan fingerprint density at radius 1 is 1.07 bits per heavy atom. The van der Waals surface area contributed by atoms with E-state index < -0.39 is 0 Å². The van der Waals surface area contributed by atoms with E-state index >= 15 is 0 Å². The van der Waals surface area contributed by atoms with Crippen LogP contribution in [0, 0.1) is 12.8 Å². The summed E-state index contributed by atoms with van der Waals surface area (Å²) in [6.07, 6.45) is 2.65. The first-order valence-electron chi connectivity index (χ1n) is 11.3. The number of aryl methyl sites for hydroxylation is 1. The van der Waals surface area contributed by atoms with Crippen molar-refractivity contribution in [3.05, 3.63) is 35.4 Å². The molecule has 3 rings (SSSR count). The molecule has 2 fully saturated rings. The van der Waals surface area contributed by atoms with Crippen molar-refractivity contribution in [3.63, 3.8) is 0 Å². The summed E-state index contributed by atoms with van der Waals surface area (Å²) < 4.78 is 0. The van der Waals surface area contributed by atoms with E-state index in [2.05, 4.69) is 36.0 Å². The highest BCUT2D eigenvalue weighted by Gasteiger charge is 2.32. The number of amides is 2. The number of carbonyl (C=O) groups is 2. The molecule has 30 heavy (non-hydrogen) atoms. The van der Waals surface area contributed by atoms with E-state index in [1.165, 1.54) is 0 Å². The fraction of sp³-hybridized carbons (Fsp3) is 0.667. The number of rotatable bonds is 6. The maximum atomic E-state index is 13.0. The lowest BCUT2D eigenvalue weighted by Gasteiger charge is -2.37. The maximum Gasteiger partial charge on any atom is 0.253 e. The van der Waals surface area contributed by atoms with Gasteiger partial charge in [-0.05, 0) is 59.2 Å². The Morgan fingerprint density at radius 3 is 2.40 bits per heavy atom. The third-order valence-electron chi connectivity index (χ3n) is 6.49. The van der Waals surface area contributed by atoms with Gasteiger partial charge in [0.1, 0.15) is 0 Å². The summed E-state index contributed by atoms with van der Waals surface area (Å²) >= 11 is 0. The number of likely N-dealkylation sites (N-methyl/N-ethyl adjacent to an activating group) is 1. The molecule has 0 spiro atoms. The summed E-state index contributed by atoms with van der Waals surface area (Å²) in [4.78, 5) is 32.5. The van der Waals surface area contributed by atoms with E-state index in [0.29, 0.717) is 12.1 Å². The molecule has 1 atom stereocenters. The Morgan fingerprint density at radius 2 is 1.73 bits per heavy atom. The average molecular weight is 415 g/mol. The van der Waals surface area contributed by atoms with Crippen LogP contribution in [0.5, 0.6) is 0 Å². The first kappa shape index (κ1) is 22.8. The SMILES string of the molecule is Cc1ccc(C(=O)N2CCC[C@@H](C(=O)NC(C)(C)CCN3CCN(C)CC3)C2)cc1. The van der Waals surface area contributed by atoms with Crippen molar-refractivity contribution >= 4 is 11.8 Å². The molecular formula is C24H38N4O2. The minimum atomic E-state index is -0.246. The van der Waals surface area contributed by atoms with Gasteiger partial charge < -0.3 is 20.0 Å². The summed E-state index contributed by atoms with van der Waals surface area (Å²) in [7, 11) is 2.17. The van der Waals surface area contributed by atoms with Crippen molar-refractivity contribution < 1.29 is 9.59 Å². The van der Waals surface area contributed by atoms with Gasteiger partial charge in [0.15, 0.2) is 0 Å². The lowest BCUT2D eigenvalue weighted by atomic mass is 9.93. The predicted octanol–water partition coefficient (Wildman–Crippen LogP) is 2.38. The minimum absolute atomic E-state index is 0.0295. The second kappa shape index (κ2) is 9.92. The number of hydrogen-bond acceptors (Lipinski definition) is 4. The Hall–Kier alpha value is -1.92. The highest BCUT2D eigenvalue weighted by Crippen LogP contribution is 2.21. The van der Waals surface area contributed by atoms with Gasteiger partial charge in [-0.1, -0.05) is 17.7 Å². The van der Waals surface area contributed by atoms with E-state index in [9.17, 15) is 9.59 Å². The van der Waals surface area contributed by atoms with Crippen LogP contribution in [0.1, 0.15) is 49.0 Å². The highest BCUT2D eigenvalue weighted by atomic mass is 16.2. The minimum Gasteiger partial charge on any atom is -0.351 e. The first-order valence-corrected chi connectivity index (χ1v) is 11.3. The van der Waals surface area contributed by atoms with Crippen molar-refractivity contribution in [2.24, 2.45) is 5.92 Å². The van der Waals surface area contributed by atoms with Crippen molar-refractivity contribution in [1.29, 1.82) is 0 Å². The third-order valence-corrected chi connectivity index (χ3v) is 6.49. The molecule has 2 amide bonds. The predicted molar refractivity (Wildman–Crippen MR) is 121 cm³/mol. The quantitative estimate of drug-likeness (QED) is 0.777. The zero-order valence-electron chi connectivity index (χ0n) is 19.1. The van der Waals surface area contributed by atoms with E-state index in [1.54, 1.807) is 0 Å². The van der Waals surface area contributed by atoms with Gasteiger partial charge in [0.25, 0.3) is 5.91 Å². The van der Waals surface area contributed by atoms with Gasteiger partial charge in [-0.3, -0.25) is 9.59 Å². The molecule has 6 heteroatoms. The number of piperazine rings is 1. The zero-order valence-corrected chi connectivity index (χ0v) is 19.1. The first-order chi connectivity index (χ1) is 14.2. The van der Waals surface area contributed by atoms with E-state index in [1.807, 2.05) is 36.1 Å². The van der Waals surface area contributed by atoms with Crippen LogP contribution in [-0.2, 0) is 4.79 Å². The highest BCUT2D eigenvalue weighted by molar-refractivity contribution is 5.94. The average Bonchev–Trinajstić information content (AvgIpc) is 2.73. The van der Waals surface area contributed by atoms with Crippen molar-refractivity contribution in [2.75, 3.05) is 52.9 Å². The van der Waals surface area contributed by atoms with Crippen LogP contribution in [0.2, 0.25) is 0 Å². The number of nitrogens with one attached hydrogen (secondary N) is 1. The topological polar surface area (TPSA) is 55.9 Å². The molecule has 2 aliphatic heterocycles. The van der Waals surface area contributed by atoms with Crippen LogP contribution in [0.25, 0.3) is 0 Å². The Bertz CT molecular complexity index is 723. The summed E-state index contributed by atoms with van der Waals surface area (Å²) in [5.74, 6) is -0.0160. The van der Waals surface area contributed by atoms with Crippen molar-refractivity contribution in [1.82, 2.24) is 20.0 Å². The number of nitrogens with zero attached hydrogens (tertiary/aromatic N) is 3. The molecule has 0 saturated carbocycles. The monoisotopic (exact) mass is 414 g/mol. The second-order valence-electron chi connectivity index (χ2n) is 9.72. The molecule has 6 nitrogen and oxygen atoms in total. The fourth-order valence-corrected chi connectivity index (χ4v) is 4.26. The van der Waals surface area contributed by atoms with Crippen LogP contribution in [0.3, 0.4) is 0 Å². The summed E-state index contributed by atoms with van der Waals surface area (Å²) in [6, 6.07) is 7.68. The molecule has 1 aromatic carbocycles. The van der Waals surface area contributed by atoms with Gasteiger partial charge in [0, 0.05) is 56.9 Å². The molecule has 2 saturated heterocycles. The zero-order chi connectivity index (χ0) is 21.7. The second-order valence-corrected chi connectivity index (χ2v) is 9.72. The fourth-order valence-electron chi connectivity index (χ4n) is 4.26. The molecule has 0 unspecified atom stereocenters. The van der Waals surface area contributed by atoms with Gasteiger partial charge in [0.05, 0.1) is 5.92 Å². The van der Waals surface area contributed by atoms with Gasteiger partial charge in [-0.15, -0.1) is 0 Å². The van der Waals surface area contributed by atoms with Gasteiger partial charge >= 0.3 is 0 Å². The normalized spacial score (nSPS) is 21.5. The molecule has 166 valence electrons. The number of benzene rings is 1. The number of likely N-dealkylation sites (tertiary alicyclic amines) is 1. The van der Waals surface area contributed by atoms with Crippen LogP contribution >= 0.6 is 0 Å². The van der Waals surface area contributed by atoms with Crippen LogP contribution in [-0.4, -0.2) is 84.9 Å². The van der Waals surface area contributed by atoms with Crippen LogP contribution in [0.4, 0.5) is 0 Å². The molecular weight excluding hydrogens is 376 g/mol. The summed E-state index contributed by atoms with van der Waals surface area (Å²) in [5.41, 5.74) is 1.60. The number of carbonyl (C=O) groups excluding carboxylic acids is 2. The van der Waals surface area contributed by atoms with Crippen molar-refractivity contribution in [2.45, 2.75) is 45.6 Å². The smallest absolute Gasteiger partial charge is 0.253 e. The molecule has 0 aromatic heterocycles. The molecule has 2 heterocycles. The van der Waals surface area contributed by atoms with Crippen LogP contribution < -0.4 is 5.32 Å². The molecule has 0 bridgehead atoms. The maximum absolute atomic E-state index is 13.0. The van der Waals surface area contributed by atoms with Crippen LogP contribution in [0.15, 0.2) is 24.3 Å². The summed E-state index contributed by atoms with van der Waals surface area (Å²) in [5, 5.41) is 3.27. The molecule has 1 N–H and O–H groups in total. The lowest BCUT2D eigenvalue weighted by Crippen LogP contribution is -2.52. The molecule has 0 radical (unpaired) electrons. The lowest BCUT2D eigenvalue weighted by molar-refractivity contribution is -0.128. The summed E-state index contributed by atoms with van der Waals surface area (Å²) in [6.45, 7) is 12.9. The molecule has 1 aromatic rings.